The van der Waals surface area contributed by atoms with Gasteiger partial charge in [-0.2, -0.15) is 0 Å². The molecule has 0 rings (SSSR count). The smallest absolute Gasteiger partial charge is 0.306 e. The number of likely N-dealkylation sites (N-methyl/N-ethyl adjacent to an activating group) is 1. The third-order valence-corrected chi connectivity index (χ3v) is 11.5. The molecule has 0 spiro atoms. The molecule has 0 bridgehead atoms. The molecule has 0 radical (unpaired) electrons. The van der Waals surface area contributed by atoms with Crippen molar-refractivity contribution in [2.24, 2.45) is 0 Å². The molecule has 2 unspecified atom stereocenters. The average molecular weight is 790 g/mol. The van der Waals surface area contributed by atoms with Gasteiger partial charge in [0.15, 0.2) is 6.10 Å². The van der Waals surface area contributed by atoms with Crippen LogP contribution in [0, 0.1) is 0 Å². The van der Waals surface area contributed by atoms with E-state index in [9.17, 15) is 19.0 Å². The Bertz CT molecular complexity index is 898. The van der Waals surface area contributed by atoms with Gasteiger partial charge in [-0.25, -0.2) is 0 Å². The fraction of sp³-hybridized carbons (Fsp3) is 0.955. The van der Waals surface area contributed by atoms with E-state index in [-0.39, 0.29) is 32.0 Å². The largest absolute Gasteiger partial charge is 0.756 e. The lowest BCUT2D eigenvalue weighted by Crippen LogP contribution is -2.47. The first-order valence-electron chi connectivity index (χ1n) is 22.9. The Morgan fingerprint density at radius 3 is 1.26 bits per heavy atom. The summed E-state index contributed by atoms with van der Waals surface area (Å²) in [5, 5.41) is 0. The summed E-state index contributed by atoms with van der Waals surface area (Å²) in [6.45, 7) is 10.5. The van der Waals surface area contributed by atoms with Crippen LogP contribution in [-0.4, -0.2) is 69.0 Å². The van der Waals surface area contributed by atoms with E-state index >= 15 is 0 Å². The number of hydrogen-bond acceptors (Lipinski definition) is 8. The molecule has 0 aromatic heterocycles. The Morgan fingerprint density at radius 1 is 0.500 bits per heavy atom. The molecule has 0 aliphatic rings. The molecule has 9 nitrogen and oxygen atoms in total. The van der Waals surface area contributed by atoms with Gasteiger partial charge < -0.3 is 27.9 Å². The number of rotatable bonds is 42. The predicted molar refractivity (Wildman–Crippen MR) is 222 cm³/mol. The number of carbonyl (C=O) groups excluding carboxylic acids is 2. The second-order valence-corrected chi connectivity index (χ2v) is 17.6. The predicted octanol–water partition coefficient (Wildman–Crippen LogP) is 12.2. The topological polar surface area (TPSA) is 111 Å². The van der Waals surface area contributed by atoms with Gasteiger partial charge in [0.05, 0.1) is 26.7 Å². The zero-order chi connectivity index (χ0) is 40.0. The third kappa shape index (κ3) is 35.4. The number of phosphoric acid groups is 1. The Balaban J connectivity index is 4.58. The highest BCUT2D eigenvalue weighted by Gasteiger charge is 2.23. The molecule has 0 N–H and O–H groups in total. The van der Waals surface area contributed by atoms with Crippen molar-refractivity contribution in [3.05, 3.63) is 0 Å². The summed E-state index contributed by atoms with van der Waals surface area (Å²) >= 11 is 0. The van der Waals surface area contributed by atoms with Crippen molar-refractivity contribution in [2.75, 3.05) is 46.5 Å². The number of esters is 2. The maximum Gasteiger partial charge on any atom is 0.306 e. The van der Waals surface area contributed by atoms with Crippen LogP contribution in [0.1, 0.15) is 220 Å². The molecular formula is C44H88NO8P. The van der Waals surface area contributed by atoms with Crippen molar-refractivity contribution in [1.82, 2.24) is 0 Å². The monoisotopic (exact) mass is 790 g/mol. The SMILES string of the molecule is CCCCCCCCCCCCCCCC(=O)OCC(COP(=O)([O-])OCC[N+](C)(CCC)CCC)OC(=O)CCCCCCCCCCCCCCC. The van der Waals surface area contributed by atoms with Gasteiger partial charge in [0.1, 0.15) is 19.8 Å². The van der Waals surface area contributed by atoms with Crippen molar-refractivity contribution in [2.45, 2.75) is 226 Å². The van der Waals surface area contributed by atoms with Crippen LogP contribution in [0.4, 0.5) is 0 Å². The van der Waals surface area contributed by atoms with Gasteiger partial charge in [-0.15, -0.1) is 0 Å². The highest BCUT2D eigenvalue weighted by molar-refractivity contribution is 7.45. The number of hydrogen-bond donors (Lipinski definition) is 0. The minimum Gasteiger partial charge on any atom is -0.756 e. The van der Waals surface area contributed by atoms with Crippen molar-refractivity contribution >= 4 is 19.8 Å². The van der Waals surface area contributed by atoms with Gasteiger partial charge in [-0.05, 0) is 25.7 Å². The summed E-state index contributed by atoms with van der Waals surface area (Å²) in [4.78, 5) is 37.9. The van der Waals surface area contributed by atoms with E-state index in [1.807, 2.05) is 0 Å². The summed E-state index contributed by atoms with van der Waals surface area (Å²) < 4.78 is 34.8. The number of ether oxygens (including phenoxy) is 2. The van der Waals surface area contributed by atoms with E-state index in [2.05, 4.69) is 34.7 Å². The highest BCUT2D eigenvalue weighted by atomic mass is 31.2. The maximum atomic E-state index is 12.7. The summed E-state index contributed by atoms with van der Waals surface area (Å²) in [6, 6.07) is 0. The van der Waals surface area contributed by atoms with Crippen molar-refractivity contribution in [3.63, 3.8) is 0 Å². The van der Waals surface area contributed by atoms with E-state index in [1.165, 1.54) is 128 Å². The minimum atomic E-state index is -4.65. The van der Waals surface area contributed by atoms with Crippen LogP contribution in [0.3, 0.4) is 0 Å². The fourth-order valence-electron chi connectivity index (χ4n) is 7.19. The highest BCUT2D eigenvalue weighted by Crippen LogP contribution is 2.38. The van der Waals surface area contributed by atoms with Crippen molar-refractivity contribution in [1.29, 1.82) is 0 Å². The van der Waals surface area contributed by atoms with Gasteiger partial charge in [0, 0.05) is 12.8 Å². The van der Waals surface area contributed by atoms with E-state index in [1.54, 1.807) is 0 Å². The molecule has 322 valence electrons. The molecule has 0 amide bonds. The van der Waals surface area contributed by atoms with Crippen LogP contribution < -0.4 is 4.89 Å². The van der Waals surface area contributed by atoms with Gasteiger partial charge >= 0.3 is 11.9 Å². The molecule has 54 heavy (non-hydrogen) atoms. The number of unbranched alkanes of at least 4 members (excludes halogenated alkanes) is 24. The van der Waals surface area contributed by atoms with Gasteiger partial charge in [0.25, 0.3) is 7.82 Å². The number of nitrogens with zero attached hydrogens (tertiary/aromatic N) is 1. The quantitative estimate of drug-likeness (QED) is 0.0260. The van der Waals surface area contributed by atoms with Crippen molar-refractivity contribution in [3.8, 4) is 0 Å². The lowest BCUT2D eigenvalue weighted by Gasteiger charge is -2.35. The fourth-order valence-corrected chi connectivity index (χ4v) is 7.92. The molecule has 0 aliphatic carbocycles. The Hall–Kier alpha value is -0.990. The number of quaternary nitrogens is 1. The van der Waals surface area contributed by atoms with Crippen LogP contribution >= 0.6 is 7.82 Å². The Kier molecular flexibility index (Phi) is 36.9. The molecule has 10 heteroatoms. The zero-order valence-electron chi connectivity index (χ0n) is 36.2. The second-order valence-electron chi connectivity index (χ2n) is 16.1. The van der Waals surface area contributed by atoms with Crippen LogP contribution in [-0.2, 0) is 32.7 Å². The average Bonchev–Trinajstić information content (AvgIpc) is 3.13. The summed E-state index contributed by atoms with van der Waals surface area (Å²) in [6.07, 6.45) is 33.2. The lowest BCUT2D eigenvalue weighted by atomic mass is 10.0. The summed E-state index contributed by atoms with van der Waals surface area (Å²) in [5.74, 6) is -0.811. The summed E-state index contributed by atoms with van der Waals surface area (Å²) in [7, 11) is -2.54. The summed E-state index contributed by atoms with van der Waals surface area (Å²) in [5.41, 5.74) is 0. The van der Waals surface area contributed by atoms with Crippen LogP contribution in [0.25, 0.3) is 0 Å². The van der Waals surface area contributed by atoms with E-state index < -0.39 is 26.5 Å². The molecule has 0 saturated heterocycles. The first kappa shape index (κ1) is 53.0. The van der Waals surface area contributed by atoms with Gasteiger partial charge in [-0.1, -0.05) is 182 Å². The molecule has 0 aromatic carbocycles. The van der Waals surface area contributed by atoms with E-state index in [4.69, 9.17) is 18.5 Å². The molecule has 0 fully saturated rings. The lowest BCUT2D eigenvalue weighted by molar-refractivity contribution is -0.909. The maximum absolute atomic E-state index is 12.7. The van der Waals surface area contributed by atoms with Gasteiger partial charge in [-0.3, -0.25) is 14.2 Å². The Labute approximate surface area is 334 Å². The van der Waals surface area contributed by atoms with Crippen LogP contribution in [0.5, 0.6) is 0 Å². The molecule has 0 aromatic rings. The first-order valence-corrected chi connectivity index (χ1v) is 24.4. The number of carbonyl (C=O) groups is 2. The molecule has 2 atom stereocenters. The minimum absolute atomic E-state index is 0.00882. The normalized spacial score (nSPS) is 13.5. The van der Waals surface area contributed by atoms with Crippen LogP contribution in [0.15, 0.2) is 0 Å². The zero-order valence-corrected chi connectivity index (χ0v) is 37.1. The molecule has 0 saturated carbocycles. The number of phosphoric ester groups is 1. The first-order chi connectivity index (χ1) is 26.1. The standard InChI is InChI=1S/C44H88NO8P/c1-6-10-12-14-16-18-20-22-24-26-28-30-32-34-43(46)50-40-42(41-52-54(48,49)51-39-38-45(5,36-8-3)37-9-4)53-44(47)35-33-31-29-27-25-23-21-19-17-15-13-11-7-2/h42H,6-41H2,1-5H3. The van der Waals surface area contributed by atoms with E-state index in [0.717, 1.165) is 62.5 Å². The van der Waals surface area contributed by atoms with E-state index in [0.29, 0.717) is 13.0 Å². The Morgan fingerprint density at radius 2 is 0.870 bits per heavy atom. The van der Waals surface area contributed by atoms with Crippen molar-refractivity contribution < 1.29 is 42.1 Å². The molecule has 0 heterocycles. The third-order valence-electron chi connectivity index (χ3n) is 10.5. The second kappa shape index (κ2) is 37.6. The molecule has 0 aliphatic heterocycles. The molecular weight excluding hydrogens is 701 g/mol. The van der Waals surface area contributed by atoms with Crippen LogP contribution in [0.2, 0.25) is 0 Å². The van der Waals surface area contributed by atoms with Gasteiger partial charge in [0.2, 0.25) is 0 Å².